The average molecular weight is 212 g/mol. The Bertz CT molecular complexity index is 404. The summed E-state index contributed by atoms with van der Waals surface area (Å²) in [4.78, 5) is 3.11. The molecule has 0 fully saturated rings. The highest BCUT2D eigenvalue weighted by Gasteiger charge is 2.31. The van der Waals surface area contributed by atoms with Crippen LogP contribution >= 0.6 is 23.5 Å². The van der Waals surface area contributed by atoms with Crippen LogP contribution in [0.15, 0.2) is 34.5 Å². The molecule has 0 atom stereocenters. The third-order valence-corrected chi connectivity index (χ3v) is 3.09. The summed E-state index contributed by atoms with van der Waals surface area (Å²) in [6.07, 6.45) is 0. The second-order valence-corrected chi connectivity index (χ2v) is 4.19. The van der Waals surface area contributed by atoms with Crippen molar-refractivity contribution in [2.24, 2.45) is 0 Å². The third kappa shape index (κ3) is 0.964. The van der Waals surface area contributed by atoms with Crippen molar-refractivity contribution in [1.29, 1.82) is 0 Å². The highest BCUT2D eigenvalue weighted by Crippen LogP contribution is 2.43. The van der Waals surface area contributed by atoms with E-state index < -0.39 is 0 Å². The first-order valence-corrected chi connectivity index (χ1v) is 5.04. The van der Waals surface area contributed by atoms with E-state index in [1.807, 2.05) is 29.3 Å². The molecule has 0 radical (unpaired) electrons. The quantitative estimate of drug-likeness (QED) is 0.645. The van der Waals surface area contributed by atoms with Crippen LogP contribution in [0, 0.1) is 0 Å². The van der Waals surface area contributed by atoms with E-state index in [1.54, 1.807) is 0 Å². The maximum absolute atomic E-state index is 5.98. The average Bonchev–Trinajstić information content (AvgIpc) is 2.67. The standard InChI is InChI=1S/C8H6ClN3S/c9-7-8-10-5-3-1-2-4-6(5)12(8)11-13-7/h1-4,10-11H. The van der Waals surface area contributed by atoms with Crippen molar-refractivity contribution in [2.45, 2.75) is 0 Å². The van der Waals surface area contributed by atoms with E-state index in [2.05, 4.69) is 10.1 Å². The Labute approximate surface area is 84.9 Å². The molecule has 0 amide bonds. The zero-order chi connectivity index (χ0) is 8.84. The molecule has 1 aromatic carbocycles. The van der Waals surface area contributed by atoms with Gasteiger partial charge in [0.1, 0.15) is 4.36 Å². The molecule has 0 saturated heterocycles. The normalized spacial score (nSPS) is 18.7. The molecule has 2 heterocycles. The molecular formula is C8H6ClN3S. The number of para-hydroxylation sites is 2. The van der Waals surface area contributed by atoms with E-state index in [1.165, 1.54) is 11.9 Å². The highest BCUT2D eigenvalue weighted by molar-refractivity contribution is 8.03. The fraction of sp³-hybridized carbons (Fsp3) is 0. The molecule has 2 aliphatic rings. The van der Waals surface area contributed by atoms with Crippen molar-refractivity contribution in [1.82, 2.24) is 4.83 Å². The van der Waals surface area contributed by atoms with Crippen molar-refractivity contribution in [2.75, 3.05) is 10.3 Å². The first-order chi connectivity index (χ1) is 6.36. The van der Waals surface area contributed by atoms with Gasteiger partial charge in [0.05, 0.1) is 11.4 Å². The Morgan fingerprint density at radius 2 is 2.15 bits per heavy atom. The maximum Gasteiger partial charge on any atom is 0.153 e. The fourth-order valence-corrected chi connectivity index (χ4v) is 2.28. The Kier molecular flexibility index (Phi) is 1.49. The summed E-state index contributed by atoms with van der Waals surface area (Å²) in [5.74, 6) is 0.924. The first kappa shape index (κ1) is 7.55. The van der Waals surface area contributed by atoms with Crippen LogP contribution in [-0.4, -0.2) is 0 Å². The molecule has 0 saturated carbocycles. The summed E-state index contributed by atoms with van der Waals surface area (Å²) >= 11 is 7.39. The molecule has 0 bridgehead atoms. The van der Waals surface area contributed by atoms with Crippen LogP contribution in [0.3, 0.4) is 0 Å². The molecule has 0 spiro atoms. The van der Waals surface area contributed by atoms with Crippen LogP contribution in [0.25, 0.3) is 0 Å². The number of benzene rings is 1. The topological polar surface area (TPSA) is 27.3 Å². The second kappa shape index (κ2) is 2.57. The molecule has 0 aromatic heterocycles. The summed E-state index contributed by atoms with van der Waals surface area (Å²) in [5, 5.41) is 5.18. The number of hydrogen-bond donors (Lipinski definition) is 2. The van der Waals surface area contributed by atoms with Crippen LogP contribution < -0.4 is 15.2 Å². The van der Waals surface area contributed by atoms with Crippen LogP contribution in [0.4, 0.5) is 11.4 Å². The minimum absolute atomic E-state index is 0.746. The lowest BCUT2D eigenvalue weighted by molar-refractivity contribution is 0.982. The summed E-state index contributed by atoms with van der Waals surface area (Å²) in [6.45, 7) is 0. The predicted molar refractivity (Wildman–Crippen MR) is 56.1 cm³/mol. The highest BCUT2D eigenvalue weighted by atomic mass is 35.5. The number of hydrogen-bond acceptors (Lipinski definition) is 4. The lowest BCUT2D eigenvalue weighted by atomic mass is 10.3. The SMILES string of the molecule is ClC1=C2Nc3ccccc3N2NS1. The zero-order valence-electron chi connectivity index (χ0n) is 6.54. The third-order valence-electron chi connectivity index (χ3n) is 2.03. The number of nitrogens with zero attached hydrogens (tertiary/aromatic N) is 1. The van der Waals surface area contributed by atoms with Gasteiger partial charge in [-0.1, -0.05) is 23.7 Å². The van der Waals surface area contributed by atoms with E-state index in [4.69, 9.17) is 11.6 Å². The van der Waals surface area contributed by atoms with Crippen molar-refractivity contribution in [3.05, 3.63) is 34.5 Å². The van der Waals surface area contributed by atoms with E-state index in [0.29, 0.717) is 0 Å². The molecule has 1 aromatic rings. The summed E-state index contributed by atoms with van der Waals surface area (Å²) < 4.78 is 0.746. The smallest absolute Gasteiger partial charge is 0.153 e. The Morgan fingerprint density at radius 1 is 1.31 bits per heavy atom. The summed E-state index contributed by atoms with van der Waals surface area (Å²) in [7, 11) is 0. The van der Waals surface area contributed by atoms with Gasteiger partial charge in [-0.05, 0) is 24.1 Å². The van der Waals surface area contributed by atoms with Gasteiger partial charge in [-0.25, -0.2) is 5.01 Å². The molecule has 2 N–H and O–H groups in total. The largest absolute Gasteiger partial charge is 0.337 e. The molecule has 2 aliphatic heterocycles. The number of nitrogens with one attached hydrogen (secondary N) is 2. The number of rotatable bonds is 0. The number of halogens is 1. The summed E-state index contributed by atoms with van der Waals surface area (Å²) in [5.41, 5.74) is 2.20. The molecular weight excluding hydrogens is 206 g/mol. The predicted octanol–water partition coefficient (Wildman–Crippen LogP) is 2.45. The van der Waals surface area contributed by atoms with Gasteiger partial charge in [0.25, 0.3) is 0 Å². The van der Waals surface area contributed by atoms with E-state index in [0.717, 1.165) is 21.6 Å². The maximum atomic E-state index is 5.98. The van der Waals surface area contributed by atoms with Crippen molar-refractivity contribution in [3.8, 4) is 0 Å². The van der Waals surface area contributed by atoms with Crippen LogP contribution in [0.5, 0.6) is 0 Å². The van der Waals surface area contributed by atoms with Gasteiger partial charge in [-0.2, -0.15) is 4.83 Å². The van der Waals surface area contributed by atoms with Gasteiger partial charge in [0, 0.05) is 0 Å². The molecule has 3 nitrogen and oxygen atoms in total. The van der Waals surface area contributed by atoms with Gasteiger partial charge in [0.15, 0.2) is 5.82 Å². The van der Waals surface area contributed by atoms with Crippen molar-refractivity contribution in [3.63, 3.8) is 0 Å². The Hall–Kier alpha value is -0.840. The van der Waals surface area contributed by atoms with Crippen LogP contribution in [0.2, 0.25) is 0 Å². The molecule has 5 heteroatoms. The van der Waals surface area contributed by atoms with Gasteiger partial charge >= 0.3 is 0 Å². The first-order valence-electron chi connectivity index (χ1n) is 3.85. The van der Waals surface area contributed by atoms with E-state index in [9.17, 15) is 0 Å². The summed E-state index contributed by atoms with van der Waals surface area (Å²) in [6, 6.07) is 8.06. The monoisotopic (exact) mass is 211 g/mol. The molecule has 3 rings (SSSR count). The minimum Gasteiger partial charge on any atom is -0.337 e. The van der Waals surface area contributed by atoms with Crippen LogP contribution in [-0.2, 0) is 0 Å². The lowest BCUT2D eigenvalue weighted by Gasteiger charge is -2.11. The minimum atomic E-state index is 0.746. The number of fused-ring (bicyclic) bond motifs is 3. The molecule has 66 valence electrons. The van der Waals surface area contributed by atoms with E-state index >= 15 is 0 Å². The second-order valence-electron chi connectivity index (χ2n) is 2.79. The van der Waals surface area contributed by atoms with Crippen molar-refractivity contribution >= 4 is 34.9 Å². The van der Waals surface area contributed by atoms with E-state index in [-0.39, 0.29) is 0 Å². The number of anilines is 2. The van der Waals surface area contributed by atoms with Gasteiger partial charge in [-0.15, -0.1) is 0 Å². The van der Waals surface area contributed by atoms with Crippen molar-refractivity contribution < 1.29 is 0 Å². The Morgan fingerprint density at radius 3 is 3.08 bits per heavy atom. The zero-order valence-corrected chi connectivity index (χ0v) is 8.12. The van der Waals surface area contributed by atoms with Gasteiger partial charge < -0.3 is 5.32 Å². The Balaban J connectivity index is 2.16. The number of hydrazine groups is 1. The molecule has 0 unspecified atom stereocenters. The van der Waals surface area contributed by atoms with Crippen LogP contribution in [0.1, 0.15) is 0 Å². The molecule has 13 heavy (non-hydrogen) atoms. The lowest BCUT2D eigenvalue weighted by Crippen LogP contribution is -2.25. The van der Waals surface area contributed by atoms with Gasteiger partial charge in [0.2, 0.25) is 0 Å². The molecule has 0 aliphatic carbocycles. The van der Waals surface area contributed by atoms with Gasteiger partial charge in [-0.3, -0.25) is 0 Å². The fourth-order valence-electron chi connectivity index (χ4n) is 1.44.